The molecule has 1 heterocycles. The molecule has 0 saturated heterocycles. The van der Waals surface area contributed by atoms with Crippen molar-refractivity contribution in [3.05, 3.63) is 78.1 Å². The Bertz CT molecular complexity index is 814. The smallest absolute Gasteiger partial charge is 0.174 e. The summed E-state index contributed by atoms with van der Waals surface area (Å²) in [5, 5.41) is 2.02. The Balaban J connectivity index is 1.85. The van der Waals surface area contributed by atoms with E-state index in [1.807, 2.05) is 42.5 Å². The molecule has 0 bridgehead atoms. The second-order valence-corrected chi connectivity index (χ2v) is 5.68. The third-order valence-corrected chi connectivity index (χ3v) is 4.44. The number of fused-ring (bicyclic) bond motifs is 1. The van der Waals surface area contributed by atoms with Crippen LogP contribution in [0.15, 0.2) is 67.0 Å². The van der Waals surface area contributed by atoms with Gasteiger partial charge in [-0.3, -0.25) is 9.78 Å². The molecule has 2 nitrogen and oxygen atoms in total. The lowest BCUT2D eigenvalue weighted by Crippen LogP contribution is -2.20. The molecule has 1 aliphatic rings. The van der Waals surface area contributed by atoms with Crippen LogP contribution in [0.5, 0.6) is 0 Å². The fourth-order valence-electron chi connectivity index (χ4n) is 3.10. The van der Waals surface area contributed by atoms with Crippen molar-refractivity contribution in [3.8, 4) is 0 Å². The summed E-state index contributed by atoms with van der Waals surface area (Å²) in [4.78, 5) is 17.3. The molecule has 0 N–H and O–H groups in total. The molecule has 3 aromatic rings. The maximum Gasteiger partial charge on any atom is 0.174 e. The van der Waals surface area contributed by atoms with Crippen LogP contribution in [0.2, 0.25) is 0 Å². The van der Waals surface area contributed by atoms with E-state index in [9.17, 15) is 4.79 Å². The number of hydrogen-bond acceptors (Lipinski definition) is 2. The molecular formula is C19H15NO. The first-order valence-corrected chi connectivity index (χ1v) is 7.24. The molecule has 4 rings (SSSR count). The van der Waals surface area contributed by atoms with E-state index < -0.39 is 0 Å². The highest BCUT2D eigenvalue weighted by molar-refractivity contribution is 6.14. The molecule has 21 heavy (non-hydrogen) atoms. The summed E-state index contributed by atoms with van der Waals surface area (Å²) in [6.45, 7) is 0. The van der Waals surface area contributed by atoms with Crippen molar-refractivity contribution in [1.82, 2.24) is 4.98 Å². The van der Waals surface area contributed by atoms with Gasteiger partial charge >= 0.3 is 0 Å². The minimum Gasteiger partial charge on any atom is -0.293 e. The summed E-state index contributed by atoms with van der Waals surface area (Å²) in [5.41, 5.74) is 1.61. The van der Waals surface area contributed by atoms with Crippen LogP contribution in [-0.4, -0.2) is 10.8 Å². The maximum atomic E-state index is 13.1. The topological polar surface area (TPSA) is 30.0 Å². The van der Waals surface area contributed by atoms with Crippen LogP contribution in [0.25, 0.3) is 10.8 Å². The first-order chi connectivity index (χ1) is 10.3. The van der Waals surface area contributed by atoms with E-state index in [1.54, 1.807) is 12.4 Å². The fraction of sp³-hybridized carbons (Fsp3) is 0.158. The SMILES string of the molecule is O=C(c1cccc2ccncc12)C1(c2ccccc2)CC1. The molecule has 102 valence electrons. The number of pyridine rings is 1. The monoisotopic (exact) mass is 273 g/mol. The molecule has 0 radical (unpaired) electrons. The van der Waals surface area contributed by atoms with Crippen LogP contribution in [0, 0.1) is 0 Å². The zero-order valence-corrected chi connectivity index (χ0v) is 11.6. The van der Waals surface area contributed by atoms with Gasteiger partial charge in [0.05, 0.1) is 5.41 Å². The molecule has 1 aromatic heterocycles. The van der Waals surface area contributed by atoms with Crippen LogP contribution >= 0.6 is 0 Å². The van der Waals surface area contributed by atoms with E-state index in [0.717, 1.165) is 34.7 Å². The third-order valence-electron chi connectivity index (χ3n) is 4.44. The molecule has 0 spiro atoms. The number of carbonyl (C=O) groups excluding carboxylic acids is 1. The van der Waals surface area contributed by atoms with Crippen molar-refractivity contribution in [2.24, 2.45) is 0 Å². The maximum absolute atomic E-state index is 13.1. The summed E-state index contributed by atoms with van der Waals surface area (Å²) < 4.78 is 0. The predicted octanol–water partition coefficient (Wildman–Crippen LogP) is 4.15. The highest BCUT2D eigenvalue weighted by atomic mass is 16.1. The Kier molecular flexibility index (Phi) is 2.64. The van der Waals surface area contributed by atoms with E-state index in [-0.39, 0.29) is 11.2 Å². The van der Waals surface area contributed by atoms with E-state index in [0.29, 0.717) is 0 Å². The molecule has 0 aliphatic heterocycles. The molecule has 0 atom stereocenters. The number of benzene rings is 2. The second kappa shape index (κ2) is 4.52. The van der Waals surface area contributed by atoms with Gasteiger partial charge in [0, 0.05) is 23.3 Å². The Morgan fingerprint density at radius 2 is 1.76 bits per heavy atom. The number of carbonyl (C=O) groups is 1. The van der Waals surface area contributed by atoms with Crippen molar-refractivity contribution >= 4 is 16.6 Å². The lowest BCUT2D eigenvalue weighted by atomic mass is 9.86. The number of aromatic nitrogens is 1. The molecule has 1 fully saturated rings. The highest BCUT2D eigenvalue weighted by Crippen LogP contribution is 2.50. The molecule has 0 amide bonds. The average molecular weight is 273 g/mol. The van der Waals surface area contributed by atoms with E-state index >= 15 is 0 Å². The minimum atomic E-state index is -0.314. The summed E-state index contributed by atoms with van der Waals surface area (Å²) in [7, 11) is 0. The lowest BCUT2D eigenvalue weighted by molar-refractivity contribution is 0.0947. The Morgan fingerprint density at radius 3 is 2.52 bits per heavy atom. The summed E-state index contributed by atoms with van der Waals surface area (Å²) >= 11 is 0. The van der Waals surface area contributed by atoms with Gasteiger partial charge in [0.15, 0.2) is 5.78 Å². The van der Waals surface area contributed by atoms with E-state index in [1.165, 1.54) is 0 Å². The van der Waals surface area contributed by atoms with Gasteiger partial charge in [-0.2, -0.15) is 0 Å². The van der Waals surface area contributed by atoms with Gasteiger partial charge in [-0.15, -0.1) is 0 Å². The number of nitrogens with zero attached hydrogens (tertiary/aromatic N) is 1. The summed E-state index contributed by atoms with van der Waals surface area (Å²) in [6, 6.07) is 18.0. The van der Waals surface area contributed by atoms with Gasteiger partial charge in [0.2, 0.25) is 0 Å². The number of rotatable bonds is 3. The molecular weight excluding hydrogens is 258 g/mol. The summed E-state index contributed by atoms with van der Waals surface area (Å²) in [6.07, 6.45) is 5.43. The normalized spacial score (nSPS) is 15.8. The van der Waals surface area contributed by atoms with E-state index in [2.05, 4.69) is 17.1 Å². The fourth-order valence-corrected chi connectivity index (χ4v) is 3.10. The minimum absolute atomic E-state index is 0.229. The molecule has 0 unspecified atom stereocenters. The van der Waals surface area contributed by atoms with Gasteiger partial charge in [0.25, 0.3) is 0 Å². The van der Waals surface area contributed by atoms with Crippen LogP contribution in [0.1, 0.15) is 28.8 Å². The van der Waals surface area contributed by atoms with Crippen LogP contribution in [0.3, 0.4) is 0 Å². The van der Waals surface area contributed by atoms with Gasteiger partial charge in [0.1, 0.15) is 0 Å². The zero-order chi connectivity index (χ0) is 14.3. The lowest BCUT2D eigenvalue weighted by Gasteiger charge is -2.15. The van der Waals surface area contributed by atoms with Crippen molar-refractivity contribution in [3.63, 3.8) is 0 Å². The van der Waals surface area contributed by atoms with Crippen molar-refractivity contribution in [2.75, 3.05) is 0 Å². The molecule has 1 saturated carbocycles. The van der Waals surface area contributed by atoms with Gasteiger partial charge < -0.3 is 0 Å². The predicted molar refractivity (Wildman–Crippen MR) is 83.4 cm³/mol. The quantitative estimate of drug-likeness (QED) is 0.671. The van der Waals surface area contributed by atoms with Gasteiger partial charge in [-0.05, 0) is 29.9 Å². The first-order valence-electron chi connectivity index (χ1n) is 7.24. The molecule has 2 aromatic carbocycles. The van der Waals surface area contributed by atoms with Crippen LogP contribution in [-0.2, 0) is 5.41 Å². The molecule has 1 aliphatic carbocycles. The average Bonchev–Trinajstić information content (AvgIpc) is 3.36. The van der Waals surface area contributed by atoms with Crippen LogP contribution in [0.4, 0.5) is 0 Å². The Labute approximate surface area is 123 Å². The molecule has 2 heteroatoms. The standard InChI is InChI=1S/C19H15NO/c21-18(19(10-11-19)15-6-2-1-3-7-15)16-8-4-5-14-9-12-20-13-17(14)16/h1-9,12-13H,10-11H2. The highest BCUT2D eigenvalue weighted by Gasteiger charge is 2.51. The third kappa shape index (κ3) is 1.87. The largest absolute Gasteiger partial charge is 0.293 e. The number of ketones is 1. The first kappa shape index (κ1) is 12.3. The Hall–Kier alpha value is -2.48. The van der Waals surface area contributed by atoms with Crippen molar-refractivity contribution in [1.29, 1.82) is 0 Å². The van der Waals surface area contributed by atoms with Crippen LogP contribution < -0.4 is 0 Å². The summed E-state index contributed by atoms with van der Waals surface area (Å²) in [5.74, 6) is 0.229. The van der Waals surface area contributed by atoms with Gasteiger partial charge in [-0.1, -0.05) is 48.5 Å². The second-order valence-electron chi connectivity index (χ2n) is 5.68. The number of Topliss-reactive ketones (excluding diaryl/α,β-unsaturated/α-hetero) is 1. The van der Waals surface area contributed by atoms with Crippen molar-refractivity contribution < 1.29 is 4.79 Å². The number of hydrogen-bond donors (Lipinski definition) is 0. The van der Waals surface area contributed by atoms with E-state index in [4.69, 9.17) is 0 Å². The van der Waals surface area contributed by atoms with Gasteiger partial charge in [-0.25, -0.2) is 0 Å². The zero-order valence-electron chi connectivity index (χ0n) is 11.6. The Morgan fingerprint density at radius 1 is 0.952 bits per heavy atom. The van der Waals surface area contributed by atoms with Crippen molar-refractivity contribution in [2.45, 2.75) is 18.3 Å².